The number of benzene rings is 3. The average Bonchev–Trinajstić information content (AvgIpc) is 2.96. The van der Waals surface area contributed by atoms with Crippen molar-refractivity contribution in [2.24, 2.45) is 9.98 Å². The molecule has 0 aliphatic heterocycles. The Bertz CT molecular complexity index is 1000. The summed E-state index contributed by atoms with van der Waals surface area (Å²) in [6.45, 7) is 6.03. The van der Waals surface area contributed by atoms with Crippen LogP contribution in [0, 0.1) is 0 Å². The standard InChI is InChI=1S/C34H44N2O2/c1-3-5-7-9-11-24-37-33-20-16-29(17-21-33)27-35-31-14-13-15-32(26-31)36-28-30-18-22-34(23-19-30)38-25-12-10-8-6-4-2/h13-23,26-28H,3-12,24-25H2,1-2H3. The van der Waals surface area contributed by atoms with Gasteiger partial charge in [0.15, 0.2) is 0 Å². The van der Waals surface area contributed by atoms with Gasteiger partial charge in [-0.3, -0.25) is 9.98 Å². The minimum Gasteiger partial charge on any atom is -0.494 e. The number of rotatable bonds is 18. The number of hydrogen-bond acceptors (Lipinski definition) is 4. The second-order valence-corrected chi connectivity index (χ2v) is 9.70. The van der Waals surface area contributed by atoms with Crippen LogP contribution in [0.1, 0.15) is 89.2 Å². The van der Waals surface area contributed by atoms with Crippen LogP contribution in [0.4, 0.5) is 11.4 Å². The zero-order valence-corrected chi connectivity index (χ0v) is 23.3. The van der Waals surface area contributed by atoms with Crippen molar-refractivity contribution in [1.29, 1.82) is 0 Å². The minimum atomic E-state index is 0.779. The van der Waals surface area contributed by atoms with Crippen LogP contribution in [0.3, 0.4) is 0 Å². The highest BCUT2D eigenvalue weighted by atomic mass is 16.5. The number of aliphatic imine (C=N–C) groups is 2. The summed E-state index contributed by atoms with van der Waals surface area (Å²) in [5.41, 5.74) is 3.82. The first kappa shape index (κ1) is 29.2. The fourth-order valence-corrected chi connectivity index (χ4v) is 4.04. The molecule has 4 heteroatoms. The van der Waals surface area contributed by atoms with Crippen LogP contribution in [0.2, 0.25) is 0 Å². The van der Waals surface area contributed by atoms with Crippen LogP contribution in [-0.2, 0) is 0 Å². The molecule has 0 unspecified atom stereocenters. The lowest BCUT2D eigenvalue weighted by atomic mass is 10.2. The van der Waals surface area contributed by atoms with E-state index in [-0.39, 0.29) is 0 Å². The number of nitrogens with zero attached hydrogens (tertiary/aromatic N) is 2. The van der Waals surface area contributed by atoms with E-state index in [2.05, 4.69) is 23.8 Å². The van der Waals surface area contributed by atoms with E-state index < -0.39 is 0 Å². The van der Waals surface area contributed by atoms with Crippen molar-refractivity contribution < 1.29 is 9.47 Å². The summed E-state index contributed by atoms with van der Waals surface area (Å²) in [7, 11) is 0. The van der Waals surface area contributed by atoms with Gasteiger partial charge in [-0.05, 0) is 90.7 Å². The molecule has 0 aliphatic rings. The van der Waals surface area contributed by atoms with Crippen LogP contribution >= 0.6 is 0 Å². The van der Waals surface area contributed by atoms with Gasteiger partial charge in [-0.2, -0.15) is 0 Å². The lowest BCUT2D eigenvalue weighted by Crippen LogP contribution is -1.97. The largest absolute Gasteiger partial charge is 0.494 e. The molecular formula is C34H44N2O2. The third-order valence-electron chi connectivity index (χ3n) is 6.35. The quantitative estimate of drug-likeness (QED) is 0.126. The Balaban J connectivity index is 1.44. The van der Waals surface area contributed by atoms with Gasteiger partial charge in [0, 0.05) is 12.4 Å². The van der Waals surface area contributed by atoms with Crippen LogP contribution in [0.5, 0.6) is 11.5 Å². The van der Waals surface area contributed by atoms with Crippen molar-refractivity contribution >= 4 is 23.8 Å². The lowest BCUT2D eigenvalue weighted by molar-refractivity contribution is 0.304. The fraction of sp³-hybridized carbons (Fsp3) is 0.412. The molecule has 0 N–H and O–H groups in total. The topological polar surface area (TPSA) is 43.2 Å². The zero-order chi connectivity index (χ0) is 26.7. The van der Waals surface area contributed by atoms with Crippen molar-refractivity contribution in [3.8, 4) is 11.5 Å². The van der Waals surface area contributed by atoms with E-state index in [1.165, 1.54) is 51.4 Å². The van der Waals surface area contributed by atoms with Gasteiger partial charge < -0.3 is 9.47 Å². The van der Waals surface area contributed by atoms with E-state index in [1.54, 1.807) is 0 Å². The molecule has 4 nitrogen and oxygen atoms in total. The predicted octanol–water partition coefficient (Wildman–Crippen LogP) is 9.89. The molecule has 0 aromatic heterocycles. The highest BCUT2D eigenvalue weighted by Crippen LogP contribution is 2.21. The maximum absolute atomic E-state index is 5.86. The highest BCUT2D eigenvalue weighted by Gasteiger charge is 1.98. The van der Waals surface area contributed by atoms with E-state index >= 15 is 0 Å². The fourth-order valence-electron chi connectivity index (χ4n) is 4.04. The molecule has 3 aromatic carbocycles. The maximum atomic E-state index is 5.86. The molecule has 0 radical (unpaired) electrons. The summed E-state index contributed by atoms with van der Waals surface area (Å²) < 4.78 is 11.7. The van der Waals surface area contributed by atoms with Crippen LogP contribution in [-0.4, -0.2) is 25.6 Å². The Morgan fingerprint density at radius 1 is 0.526 bits per heavy atom. The molecule has 0 saturated carbocycles. The Kier molecular flexibility index (Phi) is 13.8. The van der Waals surface area contributed by atoms with Crippen molar-refractivity contribution in [2.45, 2.75) is 78.1 Å². The van der Waals surface area contributed by atoms with Crippen molar-refractivity contribution in [3.63, 3.8) is 0 Å². The van der Waals surface area contributed by atoms with Crippen molar-refractivity contribution in [3.05, 3.63) is 83.9 Å². The van der Waals surface area contributed by atoms with E-state index in [1.807, 2.05) is 85.2 Å². The van der Waals surface area contributed by atoms with Crippen LogP contribution in [0.15, 0.2) is 82.8 Å². The summed E-state index contributed by atoms with van der Waals surface area (Å²) in [6.07, 6.45) is 16.2. The molecule has 38 heavy (non-hydrogen) atoms. The van der Waals surface area contributed by atoms with E-state index in [9.17, 15) is 0 Å². The van der Waals surface area contributed by atoms with Gasteiger partial charge in [0.1, 0.15) is 11.5 Å². The molecule has 202 valence electrons. The van der Waals surface area contributed by atoms with Crippen LogP contribution in [0.25, 0.3) is 0 Å². The SMILES string of the molecule is CCCCCCCOc1ccc(C=Nc2cccc(N=Cc3ccc(OCCCCCCC)cc3)c2)cc1. The second kappa shape index (κ2) is 18.0. The summed E-state index contributed by atoms with van der Waals surface area (Å²) in [5.74, 6) is 1.83. The zero-order valence-electron chi connectivity index (χ0n) is 23.3. The van der Waals surface area contributed by atoms with Gasteiger partial charge in [0.2, 0.25) is 0 Å². The number of unbranched alkanes of at least 4 members (excludes halogenated alkanes) is 8. The van der Waals surface area contributed by atoms with Gasteiger partial charge in [0.25, 0.3) is 0 Å². The first-order valence-corrected chi connectivity index (χ1v) is 14.4. The van der Waals surface area contributed by atoms with Gasteiger partial charge in [-0.15, -0.1) is 0 Å². The van der Waals surface area contributed by atoms with Crippen LogP contribution < -0.4 is 9.47 Å². The molecule has 0 spiro atoms. The van der Waals surface area contributed by atoms with E-state index in [4.69, 9.17) is 9.47 Å². The molecule has 0 saturated heterocycles. The van der Waals surface area contributed by atoms with Gasteiger partial charge in [0.05, 0.1) is 24.6 Å². The minimum absolute atomic E-state index is 0.779. The molecule has 0 aliphatic carbocycles. The van der Waals surface area contributed by atoms with E-state index in [0.717, 1.165) is 60.1 Å². The van der Waals surface area contributed by atoms with Crippen molar-refractivity contribution in [1.82, 2.24) is 0 Å². The Hall–Kier alpha value is -3.40. The molecule has 3 rings (SSSR count). The van der Waals surface area contributed by atoms with E-state index in [0.29, 0.717) is 0 Å². The average molecular weight is 513 g/mol. The maximum Gasteiger partial charge on any atom is 0.119 e. The molecular weight excluding hydrogens is 468 g/mol. The third kappa shape index (κ3) is 11.8. The summed E-state index contributed by atoms with van der Waals surface area (Å²) in [4.78, 5) is 9.27. The summed E-state index contributed by atoms with van der Waals surface area (Å²) in [5, 5.41) is 0. The predicted molar refractivity (Wildman–Crippen MR) is 162 cm³/mol. The Morgan fingerprint density at radius 3 is 1.37 bits per heavy atom. The van der Waals surface area contributed by atoms with Gasteiger partial charge >= 0.3 is 0 Å². The lowest BCUT2D eigenvalue weighted by Gasteiger charge is -2.06. The molecule has 0 bridgehead atoms. The van der Waals surface area contributed by atoms with Gasteiger partial charge in [-0.25, -0.2) is 0 Å². The Labute approximate surface area is 229 Å². The second-order valence-electron chi connectivity index (χ2n) is 9.70. The van der Waals surface area contributed by atoms with Crippen molar-refractivity contribution in [2.75, 3.05) is 13.2 Å². The summed E-state index contributed by atoms with van der Waals surface area (Å²) in [6, 6.07) is 24.1. The smallest absolute Gasteiger partial charge is 0.119 e. The highest BCUT2D eigenvalue weighted by molar-refractivity contribution is 5.84. The van der Waals surface area contributed by atoms with Gasteiger partial charge in [-0.1, -0.05) is 71.3 Å². The Morgan fingerprint density at radius 2 is 0.947 bits per heavy atom. The molecule has 0 fully saturated rings. The molecule has 3 aromatic rings. The normalized spacial score (nSPS) is 11.4. The first-order chi connectivity index (χ1) is 18.8. The first-order valence-electron chi connectivity index (χ1n) is 14.4. The molecule has 0 heterocycles. The monoisotopic (exact) mass is 512 g/mol. The number of ether oxygens (including phenoxy) is 2. The molecule has 0 amide bonds. The summed E-state index contributed by atoms with van der Waals surface area (Å²) >= 11 is 0. The number of hydrogen-bond donors (Lipinski definition) is 0. The molecule has 0 atom stereocenters. The third-order valence-corrected chi connectivity index (χ3v) is 6.35.